The Morgan fingerprint density at radius 3 is 2.75 bits per heavy atom. The topological polar surface area (TPSA) is 49.3 Å². The summed E-state index contributed by atoms with van der Waals surface area (Å²) < 4.78 is 11.8. The van der Waals surface area contributed by atoms with Crippen molar-refractivity contribution in [3.8, 4) is 0 Å². The molecule has 2 atom stereocenters. The smallest absolute Gasteiger partial charge is 0.194 e. The SMILES string of the molecule is CN=C(NCc1cccc(N2CC=CC2)c1)N1CCOC(C2CCCO2)C1.I. The van der Waals surface area contributed by atoms with Gasteiger partial charge in [0, 0.05) is 52.1 Å². The van der Waals surface area contributed by atoms with E-state index < -0.39 is 0 Å². The molecule has 28 heavy (non-hydrogen) atoms. The van der Waals surface area contributed by atoms with Crippen molar-refractivity contribution >= 4 is 35.6 Å². The van der Waals surface area contributed by atoms with Crippen molar-refractivity contribution in [1.29, 1.82) is 0 Å². The zero-order chi connectivity index (χ0) is 18.5. The number of anilines is 1. The predicted octanol–water partition coefficient (Wildman–Crippen LogP) is 2.64. The Bertz CT molecular complexity index is 683. The lowest BCUT2D eigenvalue weighted by Crippen LogP contribution is -2.53. The van der Waals surface area contributed by atoms with Gasteiger partial charge in [-0.1, -0.05) is 24.3 Å². The van der Waals surface area contributed by atoms with Crippen molar-refractivity contribution in [1.82, 2.24) is 10.2 Å². The van der Waals surface area contributed by atoms with Crippen LogP contribution in [0.5, 0.6) is 0 Å². The Labute approximate surface area is 185 Å². The van der Waals surface area contributed by atoms with Crippen LogP contribution in [0.2, 0.25) is 0 Å². The molecule has 0 aliphatic carbocycles. The number of hydrogen-bond acceptors (Lipinski definition) is 4. The minimum absolute atomic E-state index is 0. The first-order valence-corrected chi connectivity index (χ1v) is 10.0. The first-order valence-electron chi connectivity index (χ1n) is 10.0. The summed E-state index contributed by atoms with van der Waals surface area (Å²) in [7, 11) is 1.85. The van der Waals surface area contributed by atoms with Crippen LogP contribution in [0.3, 0.4) is 0 Å². The Balaban J connectivity index is 0.00000225. The lowest BCUT2D eigenvalue weighted by molar-refractivity contribution is -0.0817. The van der Waals surface area contributed by atoms with Crippen molar-refractivity contribution in [3.05, 3.63) is 42.0 Å². The summed E-state index contributed by atoms with van der Waals surface area (Å²) in [5.41, 5.74) is 2.54. The van der Waals surface area contributed by atoms with Gasteiger partial charge in [0.05, 0.1) is 12.7 Å². The summed E-state index contributed by atoms with van der Waals surface area (Å²) in [5, 5.41) is 3.53. The Kier molecular flexibility index (Phi) is 7.99. The lowest BCUT2D eigenvalue weighted by atomic mass is 10.1. The van der Waals surface area contributed by atoms with Crippen LogP contribution < -0.4 is 10.2 Å². The summed E-state index contributed by atoms with van der Waals surface area (Å²) in [4.78, 5) is 9.17. The van der Waals surface area contributed by atoms with Gasteiger partial charge in [0.25, 0.3) is 0 Å². The third kappa shape index (κ3) is 5.18. The molecule has 0 spiro atoms. The molecule has 0 bridgehead atoms. The molecule has 2 saturated heterocycles. The molecule has 2 unspecified atom stereocenters. The number of guanidine groups is 1. The summed E-state index contributed by atoms with van der Waals surface area (Å²) in [5.74, 6) is 0.939. The van der Waals surface area contributed by atoms with Crippen molar-refractivity contribution < 1.29 is 9.47 Å². The highest BCUT2D eigenvalue weighted by molar-refractivity contribution is 14.0. The van der Waals surface area contributed by atoms with Gasteiger partial charge >= 0.3 is 0 Å². The number of ether oxygens (including phenoxy) is 2. The lowest BCUT2D eigenvalue weighted by Gasteiger charge is -2.37. The molecule has 3 aliphatic rings. The van der Waals surface area contributed by atoms with Gasteiger partial charge < -0.3 is 24.6 Å². The minimum atomic E-state index is 0. The molecule has 6 nitrogen and oxygen atoms in total. The van der Waals surface area contributed by atoms with Gasteiger partial charge in [-0.3, -0.25) is 4.99 Å². The molecule has 7 heteroatoms. The average molecular weight is 498 g/mol. The van der Waals surface area contributed by atoms with Crippen LogP contribution in [0.1, 0.15) is 18.4 Å². The fourth-order valence-corrected chi connectivity index (χ4v) is 4.05. The predicted molar refractivity (Wildman–Crippen MR) is 124 cm³/mol. The van der Waals surface area contributed by atoms with Crippen LogP contribution in [0.25, 0.3) is 0 Å². The van der Waals surface area contributed by atoms with Gasteiger partial charge in [-0.15, -0.1) is 24.0 Å². The third-order valence-electron chi connectivity index (χ3n) is 5.53. The molecular weight excluding hydrogens is 467 g/mol. The highest BCUT2D eigenvalue weighted by Crippen LogP contribution is 2.21. The molecule has 0 radical (unpaired) electrons. The Morgan fingerprint density at radius 1 is 1.18 bits per heavy atom. The van der Waals surface area contributed by atoms with Crippen LogP contribution in [-0.2, 0) is 16.0 Å². The largest absolute Gasteiger partial charge is 0.375 e. The van der Waals surface area contributed by atoms with E-state index >= 15 is 0 Å². The van der Waals surface area contributed by atoms with Crippen molar-refractivity contribution in [3.63, 3.8) is 0 Å². The number of rotatable bonds is 4. The van der Waals surface area contributed by atoms with Crippen LogP contribution in [0.15, 0.2) is 41.4 Å². The molecule has 154 valence electrons. The normalized spacial score (nSPS) is 25.1. The Hall–Kier alpha value is -1.32. The monoisotopic (exact) mass is 498 g/mol. The van der Waals surface area contributed by atoms with Gasteiger partial charge in [0.2, 0.25) is 0 Å². The molecule has 0 aromatic heterocycles. The molecule has 0 amide bonds. The molecule has 0 saturated carbocycles. The molecular formula is C21H31IN4O2. The van der Waals surface area contributed by atoms with E-state index in [1.54, 1.807) is 0 Å². The second-order valence-corrected chi connectivity index (χ2v) is 7.35. The minimum Gasteiger partial charge on any atom is -0.375 e. The molecule has 1 N–H and O–H groups in total. The van der Waals surface area contributed by atoms with Crippen LogP contribution in [0.4, 0.5) is 5.69 Å². The van der Waals surface area contributed by atoms with E-state index in [0.717, 1.165) is 64.7 Å². The molecule has 2 fully saturated rings. The average Bonchev–Trinajstić information content (AvgIpc) is 3.43. The van der Waals surface area contributed by atoms with E-state index in [1.807, 2.05) is 7.05 Å². The molecule has 1 aromatic rings. The van der Waals surface area contributed by atoms with E-state index in [-0.39, 0.29) is 36.2 Å². The van der Waals surface area contributed by atoms with Gasteiger partial charge in [-0.2, -0.15) is 0 Å². The molecule has 3 heterocycles. The first kappa shape index (κ1) is 21.4. The van der Waals surface area contributed by atoms with Crippen molar-refractivity contribution in [2.24, 2.45) is 4.99 Å². The summed E-state index contributed by atoms with van der Waals surface area (Å²) in [6.07, 6.45) is 7.05. The van der Waals surface area contributed by atoms with E-state index in [9.17, 15) is 0 Å². The third-order valence-corrected chi connectivity index (χ3v) is 5.53. The van der Waals surface area contributed by atoms with Gasteiger partial charge in [-0.25, -0.2) is 0 Å². The van der Waals surface area contributed by atoms with Crippen molar-refractivity contribution in [2.75, 3.05) is 51.3 Å². The summed E-state index contributed by atoms with van der Waals surface area (Å²) in [6.45, 7) is 6.05. The second kappa shape index (κ2) is 10.5. The number of benzene rings is 1. The van der Waals surface area contributed by atoms with Gasteiger partial charge in [-0.05, 0) is 30.5 Å². The number of nitrogens with zero attached hydrogens (tertiary/aromatic N) is 3. The molecule has 4 rings (SSSR count). The fourth-order valence-electron chi connectivity index (χ4n) is 4.05. The summed E-state index contributed by atoms with van der Waals surface area (Å²) >= 11 is 0. The summed E-state index contributed by atoms with van der Waals surface area (Å²) in [6, 6.07) is 8.75. The van der Waals surface area contributed by atoms with E-state index in [1.165, 1.54) is 11.3 Å². The first-order chi connectivity index (χ1) is 13.3. The van der Waals surface area contributed by atoms with E-state index in [4.69, 9.17) is 9.47 Å². The number of hydrogen-bond donors (Lipinski definition) is 1. The maximum Gasteiger partial charge on any atom is 0.194 e. The quantitative estimate of drug-likeness (QED) is 0.300. The van der Waals surface area contributed by atoms with Gasteiger partial charge in [0.15, 0.2) is 5.96 Å². The fraction of sp³-hybridized carbons (Fsp3) is 0.571. The maximum atomic E-state index is 5.96. The zero-order valence-corrected chi connectivity index (χ0v) is 18.9. The molecule has 3 aliphatic heterocycles. The highest BCUT2D eigenvalue weighted by Gasteiger charge is 2.32. The van der Waals surface area contributed by atoms with E-state index in [2.05, 4.69) is 56.5 Å². The molecule has 1 aromatic carbocycles. The van der Waals surface area contributed by atoms with Crippen LogP contribution in [-0.4, -0.2) is 69.5 Å². The highest BCUT2D eigenvalue weighted by atomic mass is 127. The standard InChI is InChI=1S/C21H30N4O2.HI/c1-22-21(25-11-13-27-20(16-25)19-8-5-12-26-19)23-15-17-6-4-7-18(14-17)24-9-2-3-10-24;/h2-4,6-7,14,19-20H,5,8-13,15-16H2,1H3,(H,22,23);1H. The number of aliphatic imine (C=N–C) groups is 1. The maximum absolute atomic E-state index is 5.96. The second-order valence-electron chi connectivity index (χ2n) is 7.35. The number of halogens is 1. The Morgan fingerprint density at radius 2 is 2.00 bits per heavy atom. The van der Waals surface area contributed by atoms with Crippen LogP contribution >= 0.6 is 24.0 Å². The van der Waals surface area contributed by atoms with Crippen molar-refractivity contribution in [2.45, 2.75) is 31.6 Å². The number of morpholine rings is 1. The van der Waals surface area contributed by atoms with Crippen LogP contribution in [0, 0.1) is 0 Å². The number of nitrogens with one attached hydrogen (secondary N) is 1. The van der Waals surface area contributed by atoms with E-state index in [0.29, 0.717) is 0 Å². The zero-order valence-electron chi connectivity index (χ0n) is 16.5. The van der Waals surface area contributed by atoms with Gasteiger partial charge in [0.1, 0.15) is 6.10 Å².